The van der Waals surface area contributed by atoms with Crippen LogP contribution in [0.1, 0.15) is 72.5 Å². The minimum atomic E-state index is -0.571. The van der Waals surface area contributed by atoms with Crippen LogP contribution in [-0.4, -0.2) is 23.0 Å². The molecule has 1 aliphatic rings. The number of carbonyl (C=O) groups excluding carboxylic acids is 2. The van der Waals surface area contributed by atoms with Crippen molar-refractivity contribution in [1.82, 2.24) is 0 Å². The fraction of sp³-hybridized carbons (Fsp3) is 0.385. The number of aromatic hydroxyl groups is 1. The Morgan fingerprint density at radius 3 is 2.71 bits per heavy atom. The summed E-state index contributed by atoms with van der Waals surface area (Å²) in [6.07, 6.45) is 7.21. The van der Waals surface area contributed by atoms with Gasteiger partial charge in [0.15, 0.2) is 0 Å². The van der Waals surface area contributed by atoms with Crippen LogP contribution in [0.25, 0.3) is 6.08 Å². The van der Waals surface area contributed by atoms with Crippen LogP contribution in [0.15, 0.2) is 42.5 Å². The molecule has 0 amide bonds. The molecule has 1 heterocycles. The lowest BCUT2D eigenvalue weighted by Gasteiger charge is -2.17. The topological polar surface area (TPSA) is 72.8 Å². The van der Waals surface area contributed by atoms with Crippen LogP contribution >= 0.6 is 0 Å². The zero-order valence-corrected chi connectivity index (χ0v) is 18.2. The van der Waals surface area contributed by atoms with Crippen molar-refractivity contribution in [3.63, 3.8) is 0 Å². The number of Topliss-reactive ketones (excluding diaryl/α,β-unsaturated/α-hetero) is 1. The molecule has 5 heteroatoms. The summed E-state index contributed by atoms with van der Waals surface area (Å²) >= 11 is 0. The molecule has 2 aromatic rings. The van der Waals surface area contributed by atoms with E-state index in [2.05, 4.69) is 0 Å². The number of hydrogen-bond acceptors (Lipinski definition) is 5. The summed E-state index contributed by atoms with van der Waals surface area (Å²) in [7, 11) is 0. The van der Waals surface area contributed by atoms with E-state index in [0.29, 0.717) is 50.0 Å². The molecule has 0 aliphatic carbocycles. The van der Waals surface area contributed by atoms with Gasteiger partial charge in [0, 0.05) is 18.9 Å². The van der Waals surface area contributed by atoms with Crippen molar-refractivity contribution in [3.05, 3.63) is 64.7 Å². The third kappa shape index (κ3) is 6.45. The second-order valence-corrected chi connectivity index (χ2v) is 8.06. The van der Waals surface area contributed by atoms with E-state index >= 15 is 0 Å². The first-order valence-electron chi connectivity index (χ1n) is 10.9. The molecule has 164 valence electrons. The number of phenolic OH excluding ortho intramolecular Hbond substituents is 1. The average molecular weight is 423 g/mol. The minimum Gasteiger partial charge on any atom is -0.507 e. The molecule has 1 N–H and O–H groups in total. The Morgan fingerprint density at radius 1 is 1.13 bits per heavy atom. The maximum Gasteiger partial charge on any atom is 0.342 e. The van der Waals surface area contributed by atoms with Crippen LogP contribution in [0.4, 0.5) is 0 Å². The SMILES string of the molecule is Cc1ccccc1COc1cc(O)c2c(c1)C=CCCCC(=O)CCCC(C)OC2=O. The number of rotatable bonds is 3. The normalized spacial score (nSPS) is 18.1. The van der Waals surface area contributed by atoms with Gasteiger partial charge in [-0.05, 0) is 62.3 Å². The minimum absolute atomic E-state index is 0.138. The molecule has 0 aromatic heterocycles. The Labute approximate surface area is 183 Å². The molecule has 0 bridgehead atoms. The molecule has 5 nitrogen and oxygen atoms in total. The standard InChI is InChI=1S/C26H30O5/c1-18-9-6-7-12-21(18)17-30-23-15-20-11-4-3-5-13-22(27)14-8-10-19(2)31-26(29)25(20)24(28)16-23/h4,6-7,9,11-12,15-16,19,28H,3,5,8,10,13-14,17H2,1-2H3. The van der Waals surface area contributed by atoms with E-state index in [1.807, 2.05) is 37.3 Å². The summed E-state index contributed by atoms with van der Waals surface area (Å²) in [6.45, 7) is 4.18. The Balaban J connectivity index is 1.86. The first kappa shape index (κ1) is 22.6. The number of ketones is 1. The summed E-state index contributed by atoms with van der Waals surface area (Å²) < 4.78 is 11.4. The Bertz CT molecular complexity index is 960. The van der Waals surface area contributed by atoms with E-state index in [1.165, 1.54) is 6.07 Å². The van der Waals surface area contributed by atoms with Crippen molar-refractivity contribution in [2.45, 2.75) is 65.1 Å². The molecule has 31 heavy (non-hydrogen) atoms. The van der Waals surface area contributed by atoms with Crippen molar-refractivity contribution in [2.24, 2.45) is 0 Å². The summed E-state index contributed by atoms with van der Waals surface area (Å²) in [5.74, 6) is -0.0184. The van der Waals surface area contributed by atoms with E-state index in [-0.39, 0.29) is 23.2 Å². The predicted molar refractivity (Wildman–Crippen MR) is 120 cm³/mol. The molecule has 3 rings (SSSR count). The number of hydrogen-bond donors (Lipinski definition) is 1. The van der Waals surface area contributed by atoms with Crippen LogP contribution in [0.5, 0.6) is 11.5 Å². The van der Waals surface area contributed by atoms with Crippen LogP contribution in [0, 0.1) is 6.92 Å². The number of esters is 1. The van der Waals surface area contributed by atoms with Gasteiger partial charge in [-0.15, -0.1) is 0 Å². The quantitative estimate of drug-likeness (QED) is 0.637. The number of phenols is 1. The molecule has 1 unspecified atom stereocenters. The molecular weight excluding hydrogens is 392 g/mol. The fourth-order valence-corrected chi connectivity index (χ4v) is 3.63. The van der Waals surface area contributed by atoms with Gasteiger partial charge in [-0.3, -0.25) is 4.79 Å². The van der Waals surface area contributed by atoms with E-state index < -0.39 is 5.97 Å². The van der Waals surface area contributed by atoms with Crippen molar-refractivity contribution in [3.8, 4) is 11.5 Å². The van der Waals surface area contributed by atoms with Gasteiger partial charge in [-0.1, -0.05) is 36.4 Å². The molecular formula is C26H30O5. The van der Waals surface area contributed by atoms with Gasteiger partial charge in [0.2, 0.25) is 0 Å². The van der Waals surface area contributed by atoms with Crippen LogP contribution in [0.3, 0.4) is 0 Å². The number of cyclic esters (lactones) is 1. The maximum atomic E-state index is 12.8. The lowest BCUT2D eigenvalue weighted by atomic mass is 10.0. The lowest BCUT2D eigenvalue weighted by molar-refractivity contribution is -0.119. The molecule has 0 radical (unpaired) electrons. The number of benzene rings is 2. The number of fused-ring (bicyclic) bond motifs is 1. The van der Waals surface area contributed by atoms with Gasteiger partial charge in [0.25, 0.3) is 0 Å². The van der Waals surface area contributed by atoms with Gasteiger partial charge in [-0.25, -0.2) is 4.79 Å². The number of carbonyl (C=O) groups is 2. The predicted octanol–water partition coefficient (Wildman–Crippen LogP) is 5.76. The van der Waals surface area contributed by atoms with E-state index in [4.69, 9.17) is 9.47 Å². The second-order valence-electron chi connectivity index (χ2n) is 8.06. The smallest absolute Gasteiger partial charge is 0.342 e. The van der Waals surface area contributed by atoms with E-state index in [1.54, 1.807) is 19.1 Å². The largest absolute Gasteiger partial charge is 0.507 e. The molecule has 0 spiro atoms. The summed E-state index contributed by atoms with van der Waals surface area (Å²) in [6, 6.07) is 11.1. The monoisotopic (exact) mass is 422 g/mol. The highest BCUT2D eigenvalue weighted by molar-refractivity contribution is 5.97. The van der Waals surface area contributed by atoms with E-state index in [0.717, 1.165) is 17.5 Å². The van der Waals surface area contributed by atoms with Crippen LogP contribution in [-0.2, 0) is 16.1 Å². The zero-order valence-electron chi connectivity index (χ0n) is 18.2. The highest BCUT2D eigenvalue weighted by Gasteiger charge is 2.21. The molecule has 1 atom stereocenters. The average Bonchev–Trinajstić information content (AvgIpc) is 2.72. The van der Waals surface area contributed by atoms with Gasteiger partial charge in [-0.2, -0.15) is 0 Å². The number of allylic oxidation sites excluding steroid dienone is 1. The molecule has 2 aromatic carbocycles. The van der Waals surface area contributed by atoms with Gasteiger partial charge in [0.05, 0.1) is 6.10 Å². The van der Waals surface area contributed by atoms with Crippen LogP contribution in [0.2, 0.25) is 0 Å². The summed E-state index contributed by atoms with van der Waals surface area (Å²) in [5, 5.41) is 10.6. The first-order chi connectivity index (χ1) is 14.9. The zero-order chi connectivity index (χ0) is 22.2. The van der Waals surface area contributed by atoms with Crippen molar-refractivity contribution in [1.29, 1.82) is 0 Å². The maximum absolute atomic E-state index is 12.8. The summed E-state index contributed by atoms with van der Waals surface area (Å²) in [5.41, 5.74) is 2.85. The highest BCUT2D eigenvalue weighted by Crippen LogP contribution is 2.31. The van der Waals surface area contributed by atoms with Crippen LogP contribution < -0.4 is 4.74 Å². The second kappa shape index (κ2) is 10.8. The Kier molecular flexibility index (Phi) is 7.88. The Hall–Kier alpha value is -3.08. The Morgan fingerprint density at radius 2 is 1.90 bits per heavy atom. The molecule has 0 fully saturated rings. The lowest BCUT2D eigenvalue weighted by Crippen LogP contribution is -2.17. The van der Waals surface area contributed by atoms with Gasteiger partial charge < -0.3 is 14.6 Å². The fourth-order valence-electron chi connectivity index (χ4n) is 3.63. The highest BCUT2D eigenvalue weighted by atomic mass is 16.5. The first-order valence-corrected chi connectivity index (χ1v) is 10.9. The van der Waals surface area contributed by atoms with Crippen molar-refractivity contribution in [2.75, 3.05) is 0 Å². The van der Waals surface area contributed by atoms with Gasteiger partial charge in [0.1, 0.15) is 29.5 Å². The third-order valence-corrected chi connectivity index (χ3v) is 5.48. The number of ether oxygens (including phenoxy) is 2. The van der Waals surface area contributed by atoms with Gasteiger partial charge >= 0.3 is 5.97 Å². The third-order valence-electron chi connectivity index (χ3n) is 5.48. The molecule has 0 saturated heterocycles. The molecule has 1 aliphatic heterocycles. The van der Waals surface area contributed by atoms with Crippen molar-refractivity contribution >= 4 is 17.8 Å². The number of aryl methyl sites for hydroxylation is 1. The van der Waals surface area contributed by atoms with Crippen molar-refractivity contribution < 1.29 is 24.2 Å². The molecule has 0 saturated carbocycles. The van der Waals surface area contributed by atoms with E-state index in [9.17, 15) is 14.7 Å². The summed E-state index contributed by atoms with van der Waals surface area (Å²) in [4.78, 5) is 24.7.